The van der Waals surface area contributed by atoms with Gasteiger partial charge in [-0.15, -0.1) is 0 Å². The molecule has 2 aromatic carbocycles. The van der Waals surface area contributed by atoms with Crippen molar-refractivity contribution in [1.82, 2.24) is 19.4 Å². The molecule has 2 N–H and O–H groups in total. The Kier molecular flexibility index (Phi) is 9.27. The van der Waals surface area contributed by atoms with Gasteiger partial charge in [-0.25, -0.2) is 9.78 Å². The molecule has 0 fully saturated rings. The summed E-state index contributed by atoms with van der Waals surface area (Å²) in [6.45, 7) is 12.8. The number of hydrogen-bond acceptors (Lipinski definition) is 8. The Hall–Kier alpha value is -4.70. The fourth-order valence-electron chi connectivity index (χ4n) is 4.58. The van der Waals surface area contributed by atoms with Crippen LogP contribution >= 0.6 is 0 Å². The number of amides is 1. The summed E-state index contributed by atoms with van der Waals surface area (Å²) in [4.78, 5) is 38.9. The number of benzene rings is 2. The Morgan fingerprint density at radius 1 is 1.07 bits per heavy atom. The van der Waals surface area contributed by atoms with Gasteiger partial charge in [0.2, 0.25) is 11.9 Å². The van der Waals surface area contributed by atoms with E-state index in [1.165, 1.54) is 12.3 Å². The summed E-state index contributed by atoms with van der Waals surface area (Å²) in [6, 6.07) is 11.8. The molecule has 0 aliphatic rings. The van der Waals surface area contributed by atoms with E-state index in [0.29, 0.717) is 23.1 Å². The zero-order valence-electron chi connectivity index (χ0n) is 25.4. The number of ether oxygens (including phenoxy) is 1. The predicted molar refractivity (Wildman–Crippen MR) is 169 cm³/mol. The molecule has 10 heteroatoms. The number of fused-ring (bicyclic) bond motifs is 1. The van der Waals surface area contributed by atoms with E-state index in [1.54, 1.807) is 13.8 Å². The maximum Gasteiger partial charge on any atom is 0.343 e. The SMILES string of the molecule is C=CC(=O)Nc1cc(Nc2ncc(C(=O)OC(C)C)c(-n3cc(C)c4ccccc43)n2)c(C)cc1N(C)CCN(C)C. The van der Waals surface area contributed by atoms with Gasteiger partial charge in [-0.05, 0) is 77.2 Å². The number of aromatic nitrogens is 3. The highest BCUT2D eigenvalue weighted by molar-refractivity contribution is 6.02. The van der Waals surface area contributed by atoms with Crippen molar-refractivity contribution in [1.29, 1.82) is 0 Å². The fraction of sp³-hybridized carbons (Fsp3) is 0.312. The van der Waals surface area contributed by atoms with Crippen LogP contribution in [0.2, 0.25) is 0 Å². The highest BCUT2D eigenvalue weighted by atomic mass is 16.5. The van der Waals surface area contributed by atoms with Crippen LogP contribution in [0.3, 0.4) is 0 Å². The van der Waals surface area contributed by atoms with Gasteiger partial charge in [0.05, 0.1) is 23.0 Å². The molecule has 0 radical (unpaired) electrons. The first-order valence-corrected chi connectivity index (χ1v) is 13.8. The molecular weight excluding hydrogens is 530 g/mol. The summed E-state index contributed by atoms with van der Waals surface area (Å²) in [6.07, 6.45) is 4.38. The van der Waals surface area contributed by atoms with Crippen LogP contribution in [0.5, 0.6) is 0 Å². The van der Waals surface area contributed by atoms with Gasteiger partial charge in [-0.3, -0.25) is 4.79 Å². The molecular formula is C32H39N7O3. The van der Waals surface area contributed by atoms with Crippen molar-refractivity contribution in [2.75, 3.05) is 49.8 Å². The van der Waals surface area contributed by atoms with E-state index in [9.17, 15) is 9.59 Å². The molecule has 0 bridgehead atoms. The number of rotatable bonds is 11. The number of hydrogen-bond donors (Lipinski definition) is 2. The van der Waals surface area contributed by atoms with Gasteiger partial charge in [0.15, 0.2) is 5.82 Å². The Balaban J connectivity index is 1.79. The van der Waals surface area contributed by atoms with Gasteiger partial charge >= 0.3 is 5.97 Å². The Morgan fingerprint density at radius 3 is 2.50 bits per heavy atom. The van der Waals surface area contributed by atoms with Crippen molar-refractivity contribution in [3.05, 3.63) is 78.1 Å². The van der Waals surface area contributed by atoms with Crippen LogP contribution < -0.4 is 15.5 Å². The second kappa shape index (κ2) is 12.9. The monoisotopic (exact) mass is 569 g/mol. The molecule has 0 saturated heterocycles. The molecule has 0 aliphatic heterocycles. The first-order valence-electron chi connectivity index (χ1n) is 13.8. The number of aryl methyl sites for hydroxylation is 2. The lowest BCUT2D eigenvalue weighted by Gasteiger charge is -2.25. The number of nitrogens with zero attached hydrogens (tertiary/aromatic N) is 5. The summed E-state index contributed by atoms with van der Waals surface area (Å²) < 4.78 is 7.41. The lowest BCUT2D eigenvalue weighted by molar-refractivity contribution is -0.111. The van der Waals surface area contributed by atoms with E-state index in [4.69, 9.17) is 9.72 Å². The largest absolute Gasteiger partial charge is 0.459 e. The summed E-state index contributed by atoms with van der Waals surface area (Å²) in [5.41, 5.74) is 5.34. The first kappa shape index (κ1) is 30.3. The first-order chi connectivity index (χ1) is 20.0. The number of anilines is 4. The zero-order chi connectivity index (χ0) is 30.6. The Labute approximate surface area is 247 Å². The highest BCUT2D eigenvalue weighted by Gasteiger charge is 2.21. The summed E-state index contributed by atoms with van der Waals surface area (Å²) in [5, 5.41) is 7.28. The second-order valence-corrected chi connectivity index (χ2v) is 10.8. The van der Waals surface area contributed by atoms with Gasteiger partial charge in [-0.1, -0.05) is 24.8 Å². The third-order valence-electron chi connectivity index (χ3n) is 6.80. The zero-order valence-corrected chi connectivity index (χ0v) is 25.4. The topological polar surface area (TPSA) is 105 Å². The van der Waals surface area contributed by atoms with Crippen molar-refractivity contribution >= 4 is 45.8 Å². The van der Waals surface area contributed by atoms with E-state index in [-0.39, 0.29) is 17.6 Å². The minimum atomic E-state index is -0.502. The standard InChI is InChI=1S/C32H39N7O3/c1-9-29(40)34-26-17-25(21(4)16-28(26)38(8)15-14-37(6)7)35-32-33-18-24(31(41)42-20(2)3)30(36-32)39-19-22(5)23-12-10-11-13-27(23)39/h9-13,16-20H,1,14-15H2,2-8H3,(H,34,40)(H,33,35,36). The number of esters is 1. The number of likely N-dealkylation sites (N-methyl/N-ethyl adjacent to an activating group) is 2. The minimum Gasteiger partial charge on any atom is -0.459 e. The number of carbonyl (C=O) groups excluding carboxylic acids is 2. The van der Waals surface area contributed by atoms with Gasteiger partial charge in [-0.2, -0.15) is 4.98 Å². The van der Waals surface area contributed by atoms with Crippen LogP contribution in [0.4, 0.5) is 23.0 Å². The highest BCUT2D eigenvalue weighted by Crippen LogP contribution is 2.33. The molecule has 10 nitrogen and oxygen atoms in total. The van der Waals surface area contributed by atoms with E-state index < -0.39 is 5.97 Å². The maximum absolute atomic E-state index is 13.1. The van der Waals surface area contributed by atoms with E-state index in [0.717, 1.165) is 40.8 Å². The molecule has 0 atom stereocenters. The molecule has 4 rings (SSSR count). The molecule has 1 amide bonds. The summed E-state index contributed by atoms with van der Waals surface area (Å²) >= 11 is 0. The Bertz CT molecular complexity index is 1620. The molecule has 220 valence electrons. The Morgan fingerprint density at radius 2 is 1.81 bits per heavy atom. The molecule has 0 aliphatic carbocycles. The van der Waals surface area contributed by atoms with E-state index >= 15 is 0 Å². The molecule has 42 heavy (non-hydrogen) atoms. The minimum absolute atomic E-state index is 0.253. The van der Waals surface area contributed by atoms with Crippen LogP contribution in [0.15, 0.2) is 61.4 Å². The molecule has 4 aromatic rings. The van der Waals surface area contributed by atoms with E-state index in [2.05, 4.69) is 32.0 Å². The van der Waals surface area contributed by atoms with Crippen LogP contribution in [0.1, 0.15) is 35.3 Å². The van der Waals surface area contributed by atoms with Gasteiger partial charge in [0.25, 0.3) is 0 Å². The fourth-order valence-corrected chi connectivity index (χ4v) is 4.58. The molecule has 2 heterocycles. The van der Waals surface area contributed by atoms with Gasteiger partial charge in [0, 0.05) is 43.6 Å². The lowest BCUT2D eigenvalue weighted by atomic mass is 10.1. The maximum atomic E-state index is 13.1. The molecule has 2 aromatic heterocycles. The number of nitrogens with one attached hydrogen (secondary N) is 2. The number of carbonyl (C=O) groups is 2. The van der Waals surface area contributed by atoms with Crippen LogP contribution in [0.25, 0.3) is 16.7 Å². The van der Waals surface area contributed by atoms with Gasteiger partial charge in [0.1, 0.15) is 5.56 Å². The molecule has 0 unspecified atom stereocenters. The van der Waals surface area contributed by atoms with Crippen molar-refractivity contribution in [2.24, 2.45) is 0 Å². The third kappa shape index (κ3) is 6.77. The lowest BCUT2D eigenvalue weighted by Crippen LogP contribution is -2.29. The average Bonchev–Trinajstić information content (AvgIpc) is 3.29. The molecule has 0 spiro atoms. The van der Waals surface area contributed by atoms with Crippen LogP contribution in [-0.2, 0) is 9.53 Å². The summed E-state index contributed by atoms with van der Waals surface area (Å²) in [7, 11) is 6.03. The summed E-state index contributed by atoms with van der Waals surface area (Å²) in [5.74, 6) is -0.120. The molecule has 0 saturated carbocycles. The normalized spacial score (nSPS) is 11.2. The predicted octanol–water partition coefficient (Wildman–Crippen LogP) is 5.47. The van der Waals surface area contributed by atoms with Crippen molar-refractivity contribution < 1.29 is 14.3 Å². The average molecular weight is 570 g/mol. The van der Waals surface area contributed by atoms with Gasteiger partial charge < -0.3 is 29.7 Å². The third-order valence-corrected chi connectivity index (χ3v) is 6.80. The quantitative estimate of drug-likeness (QED) is 0.181. The second-order valence-electron chi connectivity index (χ2n) is 10.8. The van der Waals surface area contributed by atoms with Crippen molar-refractivity contribution in [3.8, 4) is 5.82 Å². The van der Waals surface area contributed by atoms with E-state index in [1.807, 2.05) is 82.2 Å². The van der Waals surface area contributed by atoms with Crippen molar-refractivity contribution in [3.63, 3.8) is 0 Å². The van der Waals surface area contributed by atoms with Crippen molar-refractivity contribution in [2.45, 2.75) is 33.8 Å². The smallest absolute Gasteiger partial charge is 0.343 e. The van der Waals surface area contributed by atoms with Crippen LogP contribution in [-0.4, -0.2) is 71.6 Å². The van der Waals surface area contributed by atoms with Crippen LogP contribution in [0, 0.1) is 13.8 Å². The number of para-hydroxylation sites is 1.